The minimum atomic E-state index is -0.533. The molecule has 2 rings (SSSR count). The van der Waals surface area contributed by atoms with Crippen LogP contribution in [0.5, 0.6) is 0 Å². The van der Waals surface area contributed by atoms with Crippen LogP contribution in [0.2, 0.25) is 0 Å². The molecular formula is C16H17NO3. The van der Waals surface area contributed by atoms with Crippen molar-refractivity contribution < 1.29 is 14.6 Å². The average Bonchev–Trinajstić information content (AvgIpc) is 2.46. The molecular weight excluding hydrogens is 254 g/mol. The van der Waals surface area contributed by atoms with E-state index in [4.69, 9.17) is 4.74 Å². The molecule has 20 heavy (non-hydrogen) atoms. The molecule has 0 bridgehead atoms. The van der Waals surface area contributed by atoms with Crippen LogP contribution >= 0.6 is 0 Å². The van der Waals surface area contributed by atoms with E-state index in [9.17, 15) is 9.90 Å². The Morgan fingerprint density at radius 2 is 1.90 bits per heavy atom. The largest absolute Gasteiger partial charge is 0.444 e. The van der Waals surface area contributed by atoms with E-state index < -0.39 is 6.09 Å². The normalized spacial score (nSPS) is 10.1. The zero-order chi connectivity index (χ0) is 14.4. The first-order valence-corrected chi connectivity index (χ1v) is 6.37. The smallest absolute Gasteiger partial charge is 0.411 e. The van der Waals surface area contributed by atoms with Crippen LogP contribution in [0.4, 0.5) is 10.5 Å². The highest BCUT2D eigenvalue weighted by Gasteiger charge is 2.09. The molecule has 0 aliphatic carbocycles. The van der Waals surface area contributed by atoms with Gasteiger partial charge in [0.15, 0.2) is 0 Å². The van der Waals surface area contributed by atoms with Crippen LogP contribution in [0.1, 0.15) is 16.7 Å². The Hall–Kier alpha value is -2.33. The lowest BCUT2D eigenvalue weighted by atomic mass is 10.1. The molecule has 2 N–H and O–H groups in total. The number of aliphatic hydroxyl groups excluding tert-OH is 1. The zero-order valence-electron chi connectivity index (χ0n) is 11.3. The fourth-order valence-corrected chi connectivity index (χ4v) is 1.90. The standard InChI is InChI=1S/C16H17NO3/c1-12-6-5-9-15(14(12)10-18)17-16(19)20-11-13-7-3-2-4-8-13/h2-9,18H,10-11H2,1H3,(H,17,19). The Kier molecular flexibility index (Phi) is 4.74. The van der Waals surface area contributed by atoms with Crippen molar-refractivity contribution in [1.29, 1.82) is 0 Å². The number of benzene rings is 2. The second-order valence-corrected chi connectivity index (χ2v) is 4.45. The van der Waals surface area contributed by atoms with Crippen molar-refractivity contribution in [1.82, 2.24) is 0 Å². The summed E-state index contributed by atoms with van der Waals surface area (Å²) < 4.78 is 5.14. The number of aryl methyl sites for hydroxylation is 1. The predicted molar refractivity (Wildman–Crippen MR) is 77.4 cm³/mol. The maximum absolute atomic E-state index is 11.8. The molecule has 0 aliphatic heterocycles. The molecule has 0 fully saturated rings. The molecule has 104 valence electrons. The van der Waals surface area contributed by atoms with Gasteiger partial charge < -0.3 is 9.84 Å². The van der Waals surface area contributed by atoms with E-state index in [1.54, 1.807) is 6.07 Å². The van der Waals surface area contributed by atoms with Gasteiger partial charge in [0, 0.05) is 11.3 Å². The number of ether oxygens (including phenoxy) is 1. The molecule has 1 amide bonds. The predicted octanol–water partition coefficient (Wildman–Crippen LogP) is 3.24. The number of amides is 1. The van der Waals surface area contributed by atoms with Crippen LogP contribution in [0.3, 0.4) is 0 Å². The summed E-state index contributed by atoms with van der Waals surface area (Å²) in [4.78, 5) is 11.8. The first-order valence-electron chi connectivity index (χ1n) is 6.37. The van der Waals surface area contributed by atoms with E-state index >= 15 is 0 Å². The van der Waals surface area contributed by atoms with Crippen LogP contribution in [-0.4, -0.2) is 11.2 Å². The molecule has 2 aromatic carbocycles. The lowest BCUT2D eigenvalue weighted by molar-refractivity contribution is 0.155. The summed E-state index contributed by atoms with van der Waals surface area (Å²) in [6.45, 7) is 1.97. The van der Waals surface area contributed by atoms with Crippen LogP contribution in [0.15, 0.2) is 48.5 Å². The van der Waals surface area contributed by atoms with Gasteiger partial charge in [-0.1, -0.05) is 42.5 Å². The van der Waals surface area contributed by atoms with E-state index in [1.165, 1.54) is 0 Å². The van der Waals surface area contributed by atoms with Crippen molar-refractivity contribution in [3.8, 4) is 0 Å². The second-order valence-electron chi connectivity index (χ2n) is 4.45. The molecule has 0 spiro atoms. The van der Waals surface area contributed by atoms with Gasteiger partial charge in [-0.05, 0) is 24.1 Å². The van der Waals surface area contributed by atoms with Crippen LogP contribution < -0.4 is 5.32 Å². The minimum Gasteiger partial charge on any atom is -0.444 e. The minimum absolute atomic E-state index is 0.124. The summed E-state index contributed by atoms with van der Waals surface area (Å²) in [5.74, 6) is 0. The number of hydrogen-bond acceptors (Lipinski definition) is 3. The fourth-order valence-electron chi connectivity index (χ4n) is 1.90. The van der Waals surface area contributed by atoms with Crippen LogP contribution in [-0.2, 0) is 18.0 Å². The number of rotatable bonds is 4. The summed E-state index contributed by atoms with van der Waals surface area (Å²) in [7, 11) is 0. The van der Waals surface area contributed by atoms with Gasteiger partial charge in [0.2, 0.25) is 0 Å². The molecule has 0 saturated carbocycles. The fraction of sp³-hybridized carbons (Fsp3) is 0.188. The lowest BCUT2D eigenvalue weighted by Gasteiger charge is -2.12. The zero-order valence-corrected chi connectivity index (χ0v) is 11.3. The molecule has 0 heterocycles. The van der Waals surface area contributed by atoms with Gasteiger partial charge in [-0.25, -0.2) is 4.79 Å². The number of aliphatic hydroxyl groups is 1. The van der Waals surface area contributed by atoms with Gasteiger partial charge in [0.05, 0.1) is 6.61 Å². The van der Waals surface area contributed by atoms with Crippen LogP contribution in [0, 0.1) is 6.92 Å². The summed E-state index contributed by atoms with van der Waals surface area (Å²) >= 11 is 0. The number of carbonyl (C=O) groups is 1. The Balaban J connectivity index is 1.97. The summed E-state index contributed by atoms with van der Waals surface area (Å²) in [5, 5.41) is 12.0. The highest BCUT2D eigenvalue weighted by atomic mass is 16.5. The van der Waals surface area contributed by atoms with E-state index in [-0.39, 0.29) is 13.2 Å². The Bertz CT molecular complexity index is 582. The third-order valence-electron chi connectivity index (χ3n) is 3.02. The molecule has 0 unspecified atom stereocenters. The van der Waals surface area contributed by atoms with E-state index in [2.05, 4.69) is 5.32 Å². The maximum Gasteiger partial charge on any atom is 0.411 e. The van der Waals surface area contributed by atoms with Crippen LogP contribution in [0.25, 0.3) is 0 Å². The van der Waals surface area contributed by atoms with Gasteiger partial charge in [-0.2, -0.15) is 0 Å². The van der Waals surface area contributed by atoms with Crippen molar-refractivity contribution in [2.24, 2.45) is 0 Å². The van der Waals surface area contributed by atoms with Gasteiger partial charge in [-0.3, -0.25) is 5.32 Å². The molecule has 0 atom stereocenters. The van der Waals surface area contributed by atoms with Gasteiger partial charge >= 0.3 is 6.09 Å². The Morgan fingerprint density at radius 1 is 1.15 bits per heavy atom. The van der Waals surface area contributed by atoms with E-state index in [0.29, 0.717) is 11.3 Å². The lowest BCUT2D eigenvalue weighted by Crippen LogP contribution is -2.15. The van der Waals surface area contributed by atoms with Crippen molar-refractivity contribution in [3.05, 3.63) is 65.2 Å². The number of nitrogens with one attached hydrogen (secondary N) is 1. The third-order valence-corrected chi connectivity index (χ3v) is 3.02. The maximum atomic E-state index is 11.8. The third kappa shape index (κ3) is 3.59. The van der Waals surface area contributed by atoms with Gasteiger partial charge in [0.1, 0.15) is 6.61 Å². The SMILES string of the molecule is Cc1cccc(NC(=O)OCc2ccccc2)c1CO. The van der Waals surface area contributed by atoms with Crippen molar-refractivity contribution in [2.75, 3.05) is 5.32 Å². The van der Waals surface area contributed by atoms with E-state index in [1.807, 2.05) is 49.4 Å². The number of hydrogen-bond donors (Lipinski definition) is 2. The van der Waals surface area contributed by atoms with Crippen molar-refractivity contribution in [2.45, 2.75) is 20.1 Å². The topological polar surface area (TPSA) is 58.6 Å². The first kappa shape index (κ1) is 14.1. The Morgan fingerprint density at radius 3 is 2.60 bits per heavy atom. The number of carbonyl (C=O) groups excluding carboxylic acids is 1. The molecule has 4 heteroatoms. The molecule has 4 nitrogen and oxygen atoms in total. The average molecular weight is 271 g/mol. The highest BCUT2D eigenvalue weighted by Crippen LogP contribution is 2.19. The molecule has 0 saturated heterocycles. The summed E-state index contributed by atoms with van der Waals surface area (Å²) in [6.07, 6.45) is -0.533. The molecule has 0 aromatic heterocycles. The highest BCUT2D eigenvalue weighted by molar-refractivity contribution is 5.85. The van der Waals surface area contributed by atoms with Crippen molar-refractivity contribution in [3.63, 3.8) is 0 Å². The molecule has 2 aromatic rings. The Labute approximate surface area is 118 Å². The quantitative estimate of drug-likeness (QED) is 0.897. The van der Waals surface area contributed by atoms with Crippen molar-refractivity contribution >= 4 is 11.8 Å². The summed E-state index contributed by atoms with van der Waals surface area (Å²) in [5.41, 5.74) is 3.12. The van der Waals surface area contributed by atoms with Gasteiger partial charge in [-0.15, -0.1) is 0 Å². The second kappa shape index (κ2) is 6.73. The monoisotopic (exact) mass is 271 g/mol. The number of anilines is 1. The molecule has 0 aliphatic rings. The summed E-state index contributed by atoms with van der Waals surface area (Å²) in [6, 6.07) is 14.9. The molecule has 0 radical (unpaired) electrons. The first-order chi connectivity index (χ1) is 9.70. The van der Waals surface area contributed by atoms with E-state index in [0.717, 1.165) is 11.1 Å². The van der Waals surface area contributed by atoms with Gasteiger partial charge in [0.25, 0.3) is 0 Å².